The molecule has 0 amide bonds. The number of carboxylic acids is 1. The zero-order valence-corrected chi connectivity index (χ0v) is 12.0. The summed E-state index contributed by atoms with van der Waals surface area (Å²) < 4.78 is 10.9. The molecule has 0 radical (unpaired) electrons. The number of benzene rings is 1. The van der Waals surface area contributed by atoms with Gasteiger partial charge in [-0.15, -0.1) is 0 Å². The quantitative estimate of drug-likeness (QED) is 0.932. The van der Waals surface area contributed by atoms with Crippen LogP contribution >= 0.6 is 15.9 Å². The van der Waals surface area contributed by atoms with E-state index in [0.717, 1.165) is 16.5 Å². The summed E-state index contributed by atoms with van der Waals surface area (Å²) in [5.41, 5.74) is 2.22. The van der Waals surface area contributed by atoms with Gasteiger partial charge in [0.2, 0.25) is 5.76 Å². The molecule has 19 heavy (non-hydrogen) atoms. The van der Waals surface area contributed by atoms with Gasteiger partial charge < -0.3 is 14.4 Å². The number of carboxylic acid groups (broad SMARTS) is 1. The van der Waals surface area contributed by atoms with E-state index in [2.05, 4.69) is 21.1 Å². The molecule has 0 fully saturated rings. The third kappa shape index (κ3) is 2.63. The number of halogens is 1. The fourth-order valence-corrected chi connectivity index (χ4v) is 2.42. The van der Waals surface area contributed by atoms with E-state index in [1.807, 2.05) is 19.1 Å². The van der Waals surface area contributed by atoms with E-state index in [0.29, 0.717) is 17.0 Å². The maximum Gasteiger partial charge on any atom is 0.374 e. The maximum absolute atomic E-state index is 10.8. The first-order valence-corrected chi connectivity index (χ1v) is 6.43. The van der Waals surface area contributed by atoms with E-state index in [9.17, 15) is 4.79 Å². The number of methoxy groups -OCH3 is 1. The molecule has 0 spiro atoms. The lowest BCUT2D eigenvalue weighted by atomic mass is 10.0. The average molecular weight is 326 g/mol. The van der Waals surface area contributed by atoms with Gasteiger partial charge in [-0.25, -0.2) is 4.79 Å². The Morgan fingerprint density at radius 3 is 2.74 bits per heavy atom. The van der Waals surface area contributed by atoms with Crippen LogP contribution < -0.4 is 4.74 Å². The lowest BCUT2D eigenvalue weighted by molar-refractivity contribution is 0.0652. The molecule has 0 bridgehead atoms. The van der Waals surface area contributed by atoms with Crippen molar-refractivity contribution in [3.05, 3.63) is 34.0 Å². The fraction of sp³-hybridized carbons (Fsp3) is 0.231. The van der Waals surface area contributed by atoms with Crippen LogP contribution in [-0.2, 0) is 6.42 Å². The van der Waals surface area contributed by atoms with Gasteiger partial charge in [0.05, 0.1) is 11.6 Å². The second-order valence-corrected chi connectivity index (χ2v) is 4.75. The van der Waals surface area contributed by atoms with Crippen LogP contribution in [0.5, 0.6) is 5.75 Å². The van der Waals surface area contributed by atoms with Crippen LogP contribution in [0.2, 0.25) is 0 Å². The number of aromatic carboxylic acids is 1. The lowest BCUT2D eigenvalue weighted by Crippen LogP contribution is -1.93. The van der Waals surface area contributed by atoms with Gasteiger partial charge in [0.25, 0.3) is 0 Å². The zero-order chi connectivity index (χ0) is 14.0. The predicted molar refractivity (Wildman–Crippen MR) is 72.5 cm³/mol. The normalized spacial score (nSPS) is 10.5. The third-order valence-electron chi connectivity index (χ3n) is 2.71. The van der Waals surface area contributed by atoms with E-state index >= 15 is 0 Å². The number of nitrogens with zero attached hydrogens (tertiary/aromatic N) is 1. The van der Waals surface area contributed by atoms with Crippen molar-refractivity contribution in [3.8, 4) is 17.0 Å². The number of aryl methyl sites for hydroxylation is 1. The highest BCUT2D eigenvalue weighted by Gasteiger charge is 2.17. The number of aromatic nitrogens is 1. The van der Waals surface area contributed by atoms with Gasteiger partial charge in [0, 0.05) is 11.6 Å². The molecule has 0 atom stereocenters. The molecular formula is C13H12BrNO4. The van der Waals surface area contributed by atoms with E-state index in [1.54, 1.807) is 7.11 Å². The van der Waals surface area contributed by atoms with Gasteiger partial charge >= 0.3 is 5.97 Å². The Morgan fingerprint density at radius 1 is 1.47 bits per heavy atom. The van der Waals surface area contributed by atoms with Crippen LogP contribution in [0, 0.1) is 0 Å². The largest absolute Gasteiger partial charge is 0.495 e. The van der Waals surface area contributed by atoms with Crippen LogP contribution in [0.3, 0.4) is 0 Å². The number of hydrogen-bond acceptors (Lipinski definition) is 4. The minimum Gasteiger partial charge on any atom is -0.495 e. The molecule has 2 aromatic rings. The molecule has 1 aromatic carbocycles. The van der Waals surface area contributed by atoms with Crippen LogP contribution in [0.1, 0.15) is 23.0 Å². The second kappa shape index (κ2) is 5.44. The highest BCUT2D eigenvalue weighted by Crippen LogP contribution is 2.37. The third-order valence-corrected chi connectivity index (χ3v) is 3.30. The molecular weight excluding hydrogens is 314 g/mol. The van der Waals surface area contributed by atoms with E-state index in [1.165, 1.54) is 6.07 Å². The molecule has 6 heteroatoms. The SMILES string of the molecule is CCc1cc(Br)c(OC)c(-c2cc(C(=O)O)on2)c1. The molecule has 5 nitrogen and oxygen atoms in total. The zero-order valence-electron chi connectivity index (χ0n) is 10.4. The standard InChI is InChI=1S/C13H12BrNO4/c1-3-7-4-8(12(18-2)9(14)5-7)10-6-11(13(16)17)19-15-10/h4-6H,3H2,1-2H3,(H,16,17). The summed E-state index contributed by atoms with van der Waals surface area (Å²) >= 11 is 3.43. The Bertz CT molecular complexity index is 621. The molecule has 0 saturated heterocycles. The molecule has 1 heterocycles. The Morgan fingerprint density at radius 2 is 2.21 bits per heavy atom. The number of carbonyl (C=O) groups is 1. The van der Waals surface area contributed by atoms with E-state index in [4.69, 9.17) is 14.4 Å². The molecule has 0 saturated carbocycles. The number of hydrogen-bond donors (Lipinski definition) is 1. The lowest BCUT2D eigenvalue weighted by Gasteiger charge is -2.10. The summed E-state index contributed by atoms with van der Waals surface area (Å²) in [5.74, 6) is -0.749. The first-order chi connectivity index (χ1) is 9.06. The fourth-order valence-electron chi connectivity index (χ4n) is 1.75. The highest BCUT2D eigenvalue weighted by atomic mass is 79.9. The summed E-state index contributed by atoms with van der Waals surface area (Å²) in [6.45, 7) is 2.03. The van der Waals surface area contributed by atoms with Gasteiger partial charge in [-0.1, -0.05) is 12.1 Å². The Kier molecular flexibility index (Phi) is 3.90. The van der Waals surface area contributed by atoms with Gasteiger partial charge in [-0.2, -0.15) is 0 Å². The smallest absolute Gasteiger partial charge is 0.374 e. The van der Waals surface area contributed by atoms with Crippen molar-refractivity contribution in [2.75, 3.05) is 7.11 Å². The molecule has 0 aliphatic heterocycles. The van der Waals surface area contributed by atoms with Crippen molar-refractivity contribution in [1.29, 1.82) is 0 Å². The molecule has 1 N–H and O–H groups in total. The summed E-state index contributed by atoms with van der Waals surface area (Å²) in [5, 5.41) is 12.6. The van der Waals surface area contributed by atoms with Crippen molar-refractivity contribution >= 4 is 21.9 Å². The molecule has 0 aliphatic rings. The van der Waals surface area contributed by atoms with Crippen molar-refractivity contribution in [2.24, 2.45) is 0 Å². The Balaban J connectivity index is 2.58. The molecule has 0 aliphatic carbocycles. The van der Waals surface area contributed by atoms with Crippen molar-refractivity contribution < 1.29 is 19.2 Å². The minimum absolute atomic E-state index is 0.199. The van der Waals surface area contributed by atoms with Gasteiger partial charge in [-0.05, 0) is 40.0 Å². The highest BCUT2D eigenvalue weighted by molar-refractivity contribution is 9.10. The molecule has 1 aromatic heterocycles. The first-order valence-electron chi connectivity index (χ1n) is 5.63. The van der Waals surface area contributed by atoms with Crippen molar-refractivity contribution in [1.82, 2.24) is 5.16 Å². The second-order valence-electron chi connectivity index (χ2n) is 3.89. The molecule has 100 valence electrons. The predicted octanol–water partition coefficient (Wildman–Crippen LogP) is 3.37. The number of rotatable bonds is 4. The van der Waals surface area contributed by atoms with Crippen LogP contribution in [0.4, 0.5) is 0 Å². The minimum atomic E-state index is -1.15. The molecule has 0 unspecified atom stereocenters. The first kappa shape index (κ1) is 13.6. The topological polar surface area (TPSA) is 72.6 Å². The average Bonchev–Trinajstić information content (AvgIpc) is 2.87. The maximum atomic E-state index is 10.8. The summed E-state index contributed by atoms with van der Waals surface area (Å²) in [4.78, 5) is 10.8. The monoisotopic (exact) mass is 325 g/mol. The van der Waals surface area contributed by atoms with Crippen molar-refractivity contribution in [3.63, 3.8) is 0 Å². The molecule has 2 rings (SSSR count). The van der Waals surface area contributed by atoms with Gasteiger partial charge in [-0.3, -0.25) is 0 Å². The van der Waals surface area contributed by atoms with Crippen LogP contribution in [-0.4, -0.2) is 23.3 Å². The van der Waals surface area contributed by atoms with Gasteiger partial charge in [0.1, 0.15) is 11.4 Å². The van der Waals surface area contributed by atoms with Crippen LogP contribution in [0.15, 0.2) is 27.2 Å². The van der Waals surface area contributed by atoms with Crippen LogP contribution in [0.25, 0.3) is 11.3 Å². The number of ether oxygens (including phenoxy) is 1. The van der Waals surface area contributed by atoms with Crippen molar-refractivity contribution in [2.45, 2.75) is 13.3 Å². The summed E-state index contributed by atoms with van der Waals surface area (Å²) in [7, 11) is 1.55. The van der Waals surface area contributed by atoms with Gasteiger partial charge in [0.15, 0.2) is 0 Å². The Hall–Kier alpha value is -1.82. The Labute approximate surface area is 118 Å². The van der Waals surface area contributed by atoms with E-state index in [-0.39, 0.29) is 5.76 Å². The summed E-state index contributed by atoms with van der Waals surface area (Å²) in [6, 6.07) is 5.25. The van der Waals surface area contributed by atoms with E-state index < -0.39 is 5.97 Å². The summed E-state index contributed by atoms with van der Waals surface area (Å²) in [6.07, 6.45) is 0.846.